The van der Waals surface area contributed by atoms with Gasteiger partial charge in [0.2, 0.25) is 5.88 Å². The van der Waals surface area contributed by atoms with Crippen LogP contribution in [0.25, 0.3) is 5.69 Å². The highest BCUT2D eigenvalue weighted by atomic mass is 19.1. The maximum atomic E-state index is 13.2. The Kier molecular flexibility index (Phi) is 5.09. The molecule has 0 radical (unpaired) electrons. The highest BCUT2D eigenvalue weighted by Crippen LogP contribution is 2.19. The van der Waals surface area contributed by atoms with Gasteiger partial charge in [-0.15, -0.1) is 0 Å². The number of amides is 1. The van der Waals surface area contributed by atoms with Crippen molar-refractivity contribution in [2.75, 3.05) is 6.61 Å². The van der Waals surface area contributed by atoms with Crippen LogP contribution < -0.4 is 10.1 Å². The Balaban J connectivity index is 1.78. The molecule has 0 saturated carbocycles. The maximum Gasteiger partial charge on any atom is 0.272 e. The molecule has 0 saturated heterocycles. The Morgan fingerprint density at radius 3 is 2.68 bits per heavy atom. The molecule has 3 rings (SSSR count). The number of ether oxygens (including phenoxy) is 1. The number of benzene rings is 2. The highest BCUT2D eigenvalue weighted by Gasteiger charge is 2.16. The van der Waals surface area contributed by atoms with Crippen molar-refractivity contribution in [1.29, 1.82) is 0 Å². The molecule has 25 heavy (non-hydrogen) atoms. The number of carbonyl (C=O) groups excluding carboxylic acids is 1. The van der Waals surface area contributed by atoms with E-state index < -0.39 is 0 Å². The average Bonchev–Trinajstić information content (AvgIpc) is 3.05. The Morgan fingerprint density at radius 1 is 1.16 bits per heavy atom. The first-order chi connectivity index (χ1) is 12.2. The number of hydrogen-bond acceptors (Lipinski definition) is 3. The molecule has 1 N–H and O–H groups in total. The topological polar surface area (TPSA) is 56.1 Å². The van der Waals surface area contributed by atoms with Crippen LogP contribution in [0.4, 0.5) is 4.39 Å². The molecule has 1 heterocycles. The predicted molar refractivity (Wildman–Crippen MR) is 92.3 cm³/mol. The molecule has 0 fully saturated rings. The lowest BCUT2D eigenvalue weighted by atomic mass is 10.2. The second-order valence-corrected chi connectivity index (χ2v) is 5.36. The third-order valence-electron chi connectivity index (χ3n) is 3.54. The van der Waals surface area contributed by atoms with Gasteiger partial charge in [-0.3, -0.25) is 4.79 Å². The van der Waals surface area contributed by atoms with Crippen molar-refractivity contribution >= 4 is 5.91 Å². The van der Waals surface area contributed by atoms with Crippen molar-refractivity contribution in [3.63, 3.8) is 0 Å². The second-order valence-electron chi connectivity index (χ2n) is 5.36. The van der Waals surface area contributed by atoms with Crippen molar-refractivity contribution in [3.05, 3.63) is 77.7 Å². The molecular weight excluding hydrogens is 321 g/mol. The Hall–Kier alpha value is -3.15. The van der Waals surface area contributed by atoms with Gasteiger partial charge in [0.1, 0.15) is 5.82 Å². The van der Waals surface area contributed by atoms with Gasteiger partial charge >= 0.3 is 0 Å². The molecule has 3 aromatic rings. The minimum Gasteiger partial charge on any atom is -0.478 e. The molecule has 5 nitrogen and oxygen atoms in total. The molecule has 0 aliphatic carbocycles. The van der Waals surface area contributed by atoms with Crippen LogP contribution in [0, 0.1) is 5.82 Å². The summed E-state index contributed by atoms with van der Waals surface area (Å²) >= 11 is 0. The molecule has 0 aliphatic heterocycles. The van der Waals surface area contributed by atoms with E-state index in [0.717, 1.165) is 5.69 Å². The zero-order chi connectivity index (χ0) is 17.6. The molecule has 0 bridgehead atoms. The zero-order valence-corrected chi connectivity index (χ0v) is 13.8. The van der Waals surface area contributed by atoms with Crippen LogP contribution in [-0.4, -0.2) is 22.3 Å². The fraction of sp³-hybridized carbons (Fsp3) is 0.158. The number of hydrogen-bond donors (Lipinski definition) is 1. The Bertz CT molecular complexity index is 862. The Morgan fingerprint density at radius 2 is 1.96 bits per heavy atom. The summed E-state index contributed by atoms with van der Waals surface area (Å²) < 4.78 is 20.4. The van der Waals surface area contributed by atoms with Gasteiger partial charge in [0.15, 0.2) is 5.69 Å². The minimum absolute atomic E-state index is 0.221. The average molecular weight is 339 g/mol. The largest absolute Gasteiger partial charge is 0.478 e. The standard InChI is InChI=1S/C19H18FN3O2/c1-2-25-18-12-17(22-23(18)16-9-4-3-5-10-16)19(24)21-13-14-7-6-8-15(20)11-14/h3-12H,2,13H2,1H3,(H,21,24). The van der Waals surface area contributed by atoms with Gasteiger partial charge in [-0.1, -0.05) is 30.3 Å². The first kappa shape index (κ1) is 16.7. The third-order valence-corrected chi connectivity index (χ3v) is 3.54. The van der Waals surface area contributed by atoms with Crippen molar-refractivity contribution in [3.8, 4) is 11.6 Å². The number of rotatable bonds is 6. The van der Waals surface area contributed by atoms with Gasteiger partial charge in [0, 0.05) is 12.6 Å². The number of aromatic nitrogens is 2. The van der Waals surface area contributed by atoms with Crippen LogP contribution in [0.2, 0.25) is 0 Å². The van der Waals surface area contributed by atoms with E-state index in [2.05, 4.69) is 10.4 Å². The van der Waals surface area contributed by atoms with Gasteiger partial charge in [0.25, 0.3) is 5.91 Å². The van der Waals surface area contributed by atoms with E-state index in [1.165, 1.54) is 12.1 Å². The molecule has 2 aromatic carbocycles. The van der Waals surface area contributed by atoms with Crippen LogP contribution in [0.1, 0.15) is 23.0 Å². The van der Waals surface area contributed by atoms with E-state index in [0.29, 0.717) is 18.1 Å². The van der Waals surface area contributed by atoms with Gasteiger partial charge in [-0.05, 0) is 36.8 Å². The number of nitrogens with one attached hydrogen (secondary N) is 1. The predicted octanol–water partition coefficient (Wildman–Crippen LogP) is 3.34. The summed E-state index contributed by atoms with van der Waals surface area (Å²) in [4.78, 5) is 12.4. The fourth-order valence-electron chi connectivity index (χ4n) is 2.40. The fourth-order valence-corrected chi connectivity index (χ4v) is 2.40. The van der Waals surface area contributed by atoms with Gasteiger partial charge in [0.05, 0.1) is 12.3 Å². The summed E-state index contributed by atoms with van der Waals surface area (Å²) in [6.07, 6.45) is 0. The molecule has 1 amide bonds. The van der Waals surface area contributed by atoms with Crippen LogP contribution >= 0.6 is 0 Å². The zero-order valence-electron chi connectivity index (χ0n) is 13.8. The van der Waals surface area contributed by atoms with E-state index in [-0.39, 0.29) is 24.0 Å². The van der Waals surface area contributed by atoms with Crippen LogP contribution in [0.3, 0.4) is 0 Å². The van der Waals surface area contributed by atoms with Crippen molar-refractivity contribution in [2.45, 2.75) is 13.5 Å². The molecule has 0 aliphatic rings. The SMILES string of the molecule is CCOc1cc(C(=O)NCc2cccc(F)c2)nn1-c1ccccc1. The van der Waals surface area contributed by atoms with E-state index >= 15 is 0 Å². The molecule has 0 spiro atoms. The van der Waals surface area contributed by atoms with Gasteiger partial charge in [-0.2, -0.15) is 5.10 Å². The normalized spacial score (nSPS) is 10.5. The van der Waals surface area contributed by atoms with E-state index in [1.54, 1.807) is 22.9 Å². The molecule has 128 valence electrons. The van der Waals surface area contributed by atoms with Crippen LogP contribution in [0.15, 0.2) is 60.7 Å². The molecule has 0 atom stereocenters. The molecule has 1 aromatic heterocycles. The number of carbonyl (C=O) groups is 1. The lowest BCUT2D eigenvalue weighted by Gasteiger charge is -2.06. The first-order valence-corrected chi connectivity index (χ1v) is 7.98. The van der Waals surface area contributed by atoms with Crippen LogP contribution in [0.5, 0.6) is 5.88 Å². The summed E-state index contributed by atoms with van der Waals surface area (Å²) in [5, 5.41) is 7.07. The maximum absolute atomic E-state index is 13.2. The van der Waals surface area contributed by atoms with E-state index in [4.69, 9.17) is 4.74 Å². The Labute approximate surface area is 145 Å². The van der Waals surface area contributed by atoms with E-state index in [1.807, 2.05) is 37.3 Å². The monoisotopic (exact) mass is 339 g/mol. The molecule has 0 unspecified atom stereocenters. The minimum atomic E-state index is -0.347. The van der Waals surface area contributed by atoms with E-state index in [9.17, 15) is 9.18 Å². The second kappa shape index (κ2) is 7.61. The summed E-state index contributed by atoms with van der Waals surface area (Å²) in [7, 11) is 0. The van der Waals surface area contributed by atoms with Gasteiger partial charge < -0.3 is 10.1 Å². The lowest BCUT2D eigenvalue weighted by Crippen LogP contribution is -2.23. The smallest absolute Gasteiger partial charge is 0.272 e. The summed E-state index contributed by atoms with van der Waals surface area (Å²) in [5.41, 5.74) is 1.72. The first-order valence-electron chi connectivity index (χ1n) is 7.98. The van der Waals surface area contributed by atoms with Crippen molar-refractivity contribution < 1.29 is 13.9 Å². The number of halogens is 1. The molecular formula is C19H18FN3O2. The molecule has 6 heteroatoms. The highest BCUT2D eigenvalue weighted by molar-refractivity contribution is 5.92. The van der Waals surface area contributed by atoms with Crippen molar-refractivity contribution in [1.82, 2.24) is 15.1 Å². The third kappa shape index (κ3) is 4.03. The summed E-state index contributed by atoms with van der Waals surface area (Å²) in [5.74, 6) is -0.191. The summed E-state index contributed by atoms with van der Waals surface area (Å²) in [6, 6.07) is 17.1. The van der Waals surface area contributed by atoms with Crippen LogP contribution in [-0.2, 0) is 6.54 Å². The quantitative estimate of drug-likeness (QED) is 0.749. The summed E-state index contributed by atoms with van der Waals surface area (Å²) in [6.45, 7) is 2.55. The lowest BCUT2D eigenvalue weighted by molar-refractivity contribution is 0.0945. The number of nitrogens with zero attached hydrogens (tertiary/aromatic N) is 2. The van der Waals surface area contributed by atoms with Crippen molar-refractivity contribution in [2.24, 2.45) is 0 Å². The number of para-hydroxylation sites is 1. The van der Waals surface area contributed by atoms with Gasteiger partial charge in [-0.25, -0.2) is 9.07 Å².